The molecule has 2 aromatic rings. The van der Waals surface area contributed by atoms with Gasteiger partial charge in [0.25, 0.3) is 0 Å². The van der Waals surface area contributed by atoms with Crippen LogP contribution < -0.4 is 9.47 Å². The maximum absolute atomic E-state index is 11.1. The summed E-state index contributed by atoms with van der Waals surface area (Å²) in [6, 6.07) is 8.98. The summed E-state index contributed by atoms with van der Waals surface area (Å²) < 4.78 is 12.1. The number of carbonyl (C=O) groups excluding carboxylic acids is 1. The third kappa shape index (κ3) is 3.57. The van der Waals surface area contributed by atoms with Crippen molar-refractivity contribution in [2.75, 3.05) is 6.61 Å². The van der Waals surface area contributed by atoms with E-state index in [1.165, 1.54) is 0 Å². The number of hydrogen-bond acceptors (Lipinski definition) is 4. The lowest BCUT2D eigenvalue weighted by Gasteiger charge is -2.13. The average Bonchev–Trinajstić information content (AvgIpc) is 2.47. The van der Waals surface area contributed by atoms with Crippen LogP contribution in [0.4, 0.5) is 0 Å². The highest BCUT2D eigenvalue weighted by Crippen LogP contribution is 2.31. The maximum Gasteiger partial charge on any atom is 0.172 e. The van der Waals surface area contributed by atoms with Crippen LogP contribution in [0.25, 0.3) is 0 Å². The predicted molar refractivity (Wildman–Crippen MR) is 79.3 cm³/mol. The Morgan fingerprint density at radius 1 is 1.25 bits per heavy atom. The summed E-state index contributed by atoms with van der Waals surface area (Å²) in [5.41, 5.74) is 1.24. The molecule has 0 aliphatic heterocycles. The fourth-order valence-corrected chi connectivity index (χ4v) is 1.92. The highest BCUT2D eigenvalue weighted by Gasteiger charge is 2.11. The van der Waals surface area contributed by atoms with Crippen LogP contribution in [0.1, 0.15) is 23.0 Å². The number of nitrogens with zero attached hydrogens (tertiary/aromatic N) is 1. The van der Waals surface area contributed by atoms with E-state index in [-0.39, 0.29) is 6.61 Å². The van der Waals surface area contributed by atoms with Gasteiger partial charge in [-0.05, 0) is 47.1 Å². The lowest BCUT2D eigenvalue weighted by Crippen LogP contribution is -2.03. The molecule has 0 fully saturated rings. The molecule has 0 saturated heterocycles. The number of ether oxygens (including phenoxy) is 2. The Balaban J connectivity index is 2.18. The molecule has 4 nitrogen and oxygen atoms in total. The van der Waals surface area contributed by atoms with Crippen molar-refractivity contribution in [3.8, 4) is 11.5 Å². The van der Waals surface area contributed by atoms with E-state index in [4.69, 9.17) is 9.47 Å². The van der Waals surface area contributed by atoms with Gasteiger partial charge in [-0.2, -0.15) is 0 Å². The molecule has 1 aromatic heterocycles. The number of halogens is 1. The van der Waals surface area contributed by atoms with E-state index < -0.39 is 0 Å². The van der Waals surface area contributed by atoms with Crippen LogP contribution in [-0.2, 0) is 6.61 Å². The second-order valence-corrected chi connectivity index (χ2v) is 4.90. The lowest BCUT2D eigenvalue weighted by atomic mass is 10.2. The van der Waals surface area contributed by atoms with E-state index in [1.807, 2.05) is 19.1 Å². The van der Waals surface area contributed by atoms with Gasteiger partial charge >= 0.3 is 0 Å². The molecule has 0 amide bonds. The third-order valence-corrected chi connectivity index (χ3v) is 3.06. The fraction of sp³-hybridized carbons (Fsp3) is 0.200. The van der Waals surface area contributed by atoms with E-state index in [2.05, 4.69) is 20.9 Å². The first-order valence-corrected chi connectivity index (χ1v) is 6.98. The quantitative estimate of drug-likeness (QED) is 0.756. The van der Waals surface area contributed by atoms with Gasteiger partial charge in [0.05, 0.1) is 17.9 Å². The van der Waals surface area contributed by atoms with Crippen molar-refractivity contribution in [1.29, 1.82) is 0 Å². The van der Waals surface area contributed by atoms with Crippen molar-refractivity contribution >= 4 is 22.2 Å². The molecule has 0 atom stereocenters. The topological polar surface area (TPSA) is 48.4 Å². The molecule has 0 saturated carbocycles. The summed E-state index contributed by atoms with van der Waals surface area (Å²) in [5.74, 6) is 1.02. The van der Waals surface area contributed by atoms with Crippen LogP contribution in [0.3, 0.4) is 0 Å². The third-order valence-electron chi connectivity index (χ3n) is 2.59. The highest BCUT2D eigenvalue weighted by molar-refractivity contribution is 9.10. The van der Waals surface area contributed by atoms with Crippen molar-refractivity contribution in [1.82, 2.24) is 4.98 Å². The summed E-state index contributed by atoms with van der Waals surface area (Å²) in [4.78, 5) is 15.3. The number of aromatic nitrogens is 1. The van der Waals surface area contributed by atoms with Crippen molar-refractivity contribution in [3.05, 3.63) is 52.3 Å². The molecule has 104 valence electrons. The molecule has 0 spiro atoms. The van der Waals surface area contributed by atoms with Gasteiger partial charge in [-0.3, -0.25) is 9.78 Å². The SMILES string of the molecule is CCOc1cccc(C=O)c1OCc1ccc(Br)cn1. The van der Waals surface area contributed by atoms with Crippen LogP contribution in [-0.4, -0.2) is 17.9 Å². The highest BCUT2D eigenvalue weighted by atomic mass is 79.9. The molecule has 2 rings (SSSR count). The number of rotatable bonds is 6. The van der Waals surface area contributed by atoms with Gasteiger partial charge in [0, 0.05) is 10.7 Å². The Hall–Kier alpha value is -1.88. The summed E-state index contributed by atoms with van der Waals surface area (Å²) in [5, 5.41) is 0. The Kier molecular flexibility index (Phi) is 5.12. The van der Waals surface area contributed by atoms with Crippen LogP contribution in [0.5, 0.6) is 11.5 Å². The van der Waals surface area contributed by atoms with Crippen molar-refractivity contribution in [2.45, 2.75) is 13.5 Å². The number of hydrogen-bond donors (Lipinski definition) is 0. The lowest BCUT2D eigenvalue weighted by molar-refractivity contribution is 0.111. The van der Waals surface area contributed by atoms with Gasteiger partial charge in [-0.15, -0.1) is 0 Å². The second kappa shape index (κ2) is 7.05. The molecule has 0 aliphatic rings. The number of pyridine rings is 1. The minimum absolute atomic E-state index is 0.276. The molecule has 0 unspecified atom stereocenters. The molecular formula is C15H14BrNO3. The van der Waals surface area contributed by atoms with Gasteiger partial charge in [0.1, 0.15) is 6.61 Å². The first-order valence-electron chi connectivity index (χ1n) is 6.18. The van der Waals surface area contributed by atoms with E-state index in [0.717, 1.165) is 16.5 Å². The van der Waals surface area contributed by atoms with Crippen LogP contribution in [0.15, 0.2) is 41.0 Å². The van der Waals surface area contributed by atoms with Crippen molar-refractivity contribution < 1.29 is 14.3 Å². The Morgan fingerprint density at radius 2 is 2.10 bits per heavy atom. The van der Waals surface area contributed by atoms with E-state index in [0.29, 0.717) is 23.7 Å². The van der Waals surface area contributed by atoms with E-state index in [1.54, 1.807) is 24.4 Å². The molecule has 0 bridgehead atoms. The van der Waals surface area contributed by atoms with Gasteiger partial charge in [0.2, 0.25) is 0 Å². The van der Waals surface area contributed by atoms with Crippen molar-refractivity contribution in [3.63, 3.8) is 0 Å². The molecule has 5 heteroatoms. The molecule has 0 N–H and O–H groups in total. The summed E-state index contributed by atoms with van der Waals surface area (Å²) in [6.07, 6.45) is 2.46. The van der Waals surface area contributed by atoms with Crippen LogP contribution in [0.2, 0.25) is 0 Å². The van der Waals surface area contributed by atoms with Gasteiger partial charge < -0.3 is 9.47 Å². The molecule has 0 aliphatic carbocycles. The minimum atomic E-state index is 0.276. The number of benzene rings is 1. The Bertz CT molecular complexity index is 584. The number of aldehydes is 1. The molecular weight excluding hydrogens is 322 g/mol. The van der Waals surface area contributed by atoms with Gasteiger partial charge in [-0.25, -0.2) is 0 Å². The standard InChI is InChI=1S/C15H14BrNO3/c1-2-19-14-5-3-4-11(9-18)15(14)20-10-13-7-6-12(16)8-17-13/h3-9H,2,10H2,1H3. The zero-order valence-corrected chi connectivity index (χ0v) is 12.6. The average molecular weight is 336 g/mol. The normalized spacial score (nSPS) is 10.1. The van der Waals surface area contributed by atoms with E-state index in [9.17, 15) is 4.79 Å². The van der Waals surface area contributed by atoms with Crippen LogP contribution in [0, 0.1) is 0 Å². The molecule has 1 heterocycles. The zero-order valence-electron chi connectivity index (χ0n) is 11.0. The monoisotopic (exact) mass is 335 g/mol. The minimum Gasteiger partial charge on any atom is -0.490 e. The van der Waals surface area contributed by atoms with Crippen LogP contribution >= 0.6 is 15.9 Å². The van der Waals surface area contributed by atoms with Gasteiger partial charge in [-0.1, -0.05) is 6.07 Å². The first kappa shape index (κ1) is 14.5. The largest absolute Gasteiger partial charge is 0.490 e. The second-order valence-electron chi connectivity index (χ2n) is 3.98. The zero-order chi connectivity index (χ0) is 14.4. The fourth-order valence-electron chi connectivity index (χ4n) is 1.69. The Labute approximate surface area is 125 Å². The molecule has 1 aromatic carbocycles. The summed E-state index contributed by atoms with van der Waals surface area (Å²) >= 11 is 3.33. The molecule has 0 radical (unpaired) electrons. The van der Waals surface area contributed by atoms with Crippen molar-refractivity contribution in [2.24, 2.45) is 0 Å². The molecule has 20 heavy (non-hydrogen) atoms. The summed E-state index contributed by atoms with van der Waals surface area (Å²) in [7, 11) is 0. The summed E-state index contributed by atoms with van der Waals surface area (Å²) in [6.45, 7) is 2.67. The maximum atomic E-state index is 11.1. The Morgan fingerprint density at radius 3 is 2.75 bits per heavy atom. The van der Waals surface area contributed by atoms with E-state index >= 15 is 0 Å². The first-order chi connectivity index (χ1) is 9.74. The number of carbonyl (C=O) groups is 1. The predicted octanol–water partition coefficient (Wildman–Crippen LogP) is 3.63. The smallest absolute Gasteiger partial charge is 0.172 e. The number of para-hydroxylation sites is 1. The van der Waals surface area contributed by atoms with Gasteiger partial charge in [0.15, 0.2) is 17.8 Å².